The Morgan fingerprint density at radius 1 is 1.12 bits per heavy atom. The first kappa shape index (κ1) is 16.2. The van der Waals surface area contributed by atoms with Crippen molar-refractivity contribution in [2.45, 2.75) is 26.2 Å². The summed E-state index contributed by atoms with van der Waals surface area (Å²) >= 11 is 1.74. The van der Waals surface area contributed by atoms with E-state index in [2.05, 4.69) is 10.0 Å². The first-order valence-electron chi connectivity index (χ1n) is 5.79. The third-order valence-corrected chi connectivity index (χ3v) is 4.28. The number of hydrogen-bond acceptors (Lipinski definition) is 4. The predicted octanol–water partition coefficient (Wildman–Crippen LogP) is 1.05. The summed E-state index contributed by atoms with van der Waals surface area (Å²) in [6.07, 6.45) is 4.57. The molecule has 0 aromatic carbocycles. The fourth-order valence-corrected chi connectivity index (χ4v) is 2.85. The minimum Gasteiger partial charge on any atom is -0.317 e. The molecule has 0 aliphatic heterocycles. The number of unbranched alkanes of at least 4 members (excludes halogenated alkanes) is 1. The molecule has 0 bridgehead atoms. The second-order valence-electron chi connectivity index (χ2n) is 3.62. The van der Waals surface area contributed by atoms with Crippen LogP contribution in [0, 0.1) is 0 Å². The maximum absolute atomic E-state index is 11.5. The van der Waals surface area contributed by atoms with Gasteiger partial charge in [0.2, 0.25) is 10.0 Å². The van der Waals surface area contributed by atoms with Crippen LogP contribution >= 0.6 is 11.8 Å². The maximum Gasteiger partial charge on any atom is 0.211 e. The van der Waals surface area contributed by atoms with E-state index in [0.717, 1.165) is 38.1 Å². The molecule has 0 saturated carbocycles. The molecule has 0 rings (SSSR count). The second kappa shape index (κ2) is 10.4. The highest BCUT2D eigenvalue weighted by Gasteiger charge is 2.08. The van der Waals surface area contributed by atoms with E-state index in [1.54, 1.807) is 11.8 Å². The standard InChI is InChI=1S/C10H24N2O2S2/c1-3-11-7-4-5-10-16(13,14)12-8-6-9-15-2/h11-12H,3-10H2,1-2H3. The molecule has 2 N–H and O–H groups in total. The zero-order valence-electron chi connectivity index (χ0n) is 10.3. The van der Waals surface area contributed by atoms with Gasteiger partial charge >= 0.3 is 0 Å². The molecule has 0 heterocycles. The predicted molar refractivity (Wildman–Crippen MR) is 72.6 cm³/mol. The molecule has 16 heavy (non-hydrogen) atoms. The van der Waals surface area contributed by atoms with E-state index in [4.69, 9.17) is 0 Å². The van der Waals surface area contributed by atoms with Crippen LogP contribution in [0.2, 0.25) is 0 Å². The van der Waals surface area contributed by atoms with E-state index < -0.39 is 10.0 Å². The van der Waals surface area contributed by atoms with Crippen LogP contribution in [0.1, 0.15) is 26.2 Å². The topological polar surface area (TPSA) is 58.2 Å². The number of rotatable bonds is 11. The first-order valence-corrected chi connectivity index (χ1v) is 8.84. The highest BCUT2D eigenvalue weighted by Crippen LogP contribution is 1.97. The molecule has 0 spiro atoms. The van der Waals surface area contributed by atoms with Crippen molar-refractivity contribution in [1.82, 2.24) is 10.0 Å². The second-order valence-corrected chi connectivity index (χ2v) is 6.53. The third-order valence-electron chi connectivity index (χ3n) is 2.11. The van der Waals surface area contributed by atoms with E-state index in [9.17, 15) is 8.42 Å². The summed E-state index contributed by atoms with van der Waals surface area (Å²) in [6, 6.07) is 0. The van der Waals surface area contributed by atoms with Crippen molar-refractivity contribution in [3.05, 3.63) is 0 Å². The van der Waals surface area contributed by atoms with Crippen LogP contribution in [0.5, 0.6) is 0 Å². The van der Waals surface area contributed by atoms with Gasteiger partial charge in [0, 0.05) is 6.54 Å². The zero-order valence-corrected chi connectivity index (χ0v) is 11.9. The van der Waals surface area contributed by atoms with Gasteiger partial charge in [-0.25, -0.2) is 13.1 Å². The zero-order chi connectivity index (χ0) is 12.3. The van der Waals surface area contributed by atoms with Crippen LogP contribution in [-0.2, 0) is 10.0 Å². The number of thioether (sulfide) groups is 1. The molecule has 0 unspecified atom stereocenters. The molecule has 0 fully saturated rings. The SMILES string of the molecule is CCNCCCCS(=O)(=O)NCCCSC. The monoisotopic (exact) mass is 268 g/mol. The largest absolute Gasteiger partial charge is 0.317 e. The van der Waals surface area contributed by atoms with Gasteiger partial charge < -0.3 is 5.32 Å². The van der Waals surface area contributed by atoms with Gasteiger partial charge in [0.15, 0.2) is 0 Å². The smallest absolute Gasteiger partial charge is 0.211 e. The Balaban J connectivity index is 3.47. The summed E-state index contributed by atoms with van der Waals surface area (Å²) in [5, 5.41) is 3.18. The van der Waals surface area contributed by atoms with Crippen molar-refractivity contribution in [2.75, 3.05) is 37.4 Å². The van der Waals surface area contributed by atoms with E-state index in [0.29, 0.717) is 6.54 Å². The Hall–Kier alpha value is 0.220. The van der Waals surface area contributed by atoms with Crippen LogP contribution in [0.15, 0.2) is 0 Å². The normalized spacial score (nSPS) is 11.9. The summed E-state index contributed by atoms with van der Waals surface area (Å²) in [5.74, 6) is 1.25. The summed E-state index contributed by atoms with van der Waals surface area (Å²) in [7, 11) is -3.04. The van der Waals surface area contributed by atoms with Crippen molar-refractivity contribution in [3.63, 3.8) is 0 Å². The number of nitrogens with one attached hydrogen (secondary N) is 2. The molecular weight excluding hydrogens is 244 g/mol. The summed E-state index contributed by atoms with van der Waals surface area (Å²) in [6.45, 7) is 4.46. The van der Waals surface area contributed by atoms with Gasteiger partial charge in [-0.05, 0) is 44.4 Å². The first-order chi connectivity index (χ1) is 7.62. The number of hydrogen-bond donors (Lipinski definition) is 2. The average molecular weight is 268 g/mol. The third kappa shape index (κ3) is 10.7. The lowest BCUT2D eigenvalue weighted by molar-refractivity contribution is 0.574. The fraction of sp³-hybridized carbons (Fsp3) is 1.00. The molecule has 0 aliphatic rings. The molecule has 0 aliphatic carbocycles. The molecule has 0 amide bonds. The summed E-state index contributed by atoms with van der Waals surface area (Å²) < 4.78 is 25.6. The lowest BCUT2D eigenvalue weighted by atomic mass is 10.3. The summed E-state index contributed by atoms with van der Waals surface area (Å²) in [5.41, 5.74) is 0. The van der Waals surface area contributed by atoms with Gasteiger partial charge in [0.05, 0.1) is 5.75 Å². The van der Waals surface area contributed by atoms with Crippen molar-refractivity contribution in [2.24, 2.45) is 0 Å². The minimum absolute atomic E-state index is 0.248. The van der Waals surface area contributed by atoms with Gasteiger partial charge in [0.1, 0.15) is 0 Å². The number of sulfonamides is 1. The van der Waals surface area contributed by atoms with Crippen LogP contribution in [0.25, 0.3) is 0 Å². The van der Waals surface area contributed by atoms with Gasteiger partial charge in [-0.1, -0.05) is 6.92 Å². The van der Waals surface area contributed by atoms with Gasteiger partial charge in [-0.3, -0.25) is 0 Å². The highest BCUT2D eigenvalue weighted by molar-refractivity contribution is 7.98. The Morgan fingerprint density at radius 3 is 2.50 bits per heavy atom. The molecule has 98 valence electrons. The molecule has 6 heteroatoms. The molecule has 0 atom stereocenters. The van der Waals surface area contributed by atoms with E-state index >= 15 is 0 Å². The van der Waals surface area contributed by atoms with Gasteiger partial charge in [0.25, 0.3) is 0 Å². The Labute approximate surface area is 104 Å². The average Bonchev–Trinajstić information content (AvgIpc) is 2.24. The van der Waals surface area contributed by atoms with Gasteiger partial charge in [-0.15, -0.1) is 0 Å². The quantitative estimate of drug-likeness (QED) is 0.550. The Bertz CT molecular complexity index is 243. The van der Waals surface area contributed by atoms with Crippen molar-refractivity contribution >= 4 is 21.8 Å². The molecule has 0 aromatic heterocycles. The van der Waals surface area contributed by atoms with Crippen LogP contribution < -0.4 is 10.0 Å². The Kier molecular flexibility index (Phi) is 10.5. The fourth-order valence-electron chi connectivity index (χ4n) is 1.24. The minimum atomic E-state index is -3.04. The van der Waals surface area contributed by atoms with Crippen LogP contribution in [0.4, 0.5) is 0 Å². The molecule has 4 nitrogen and oxygen atoms in total. The molecule has 0 radical (unpaired) electrons. The van der Waals surface area contributed by atoms with Crippen molar-refractivity contribution in [1.29, 1.82) is 0 Å². The highest BCUT2D eigenvalue weighted by atomic mass is 32.2. The van der Waals surface area contributed by atoms with E-state index in [-0.39, 0.29) is 5.75 Å². The van der Waals surface area contributed by atoms with Crippen molar-refractivity contribution in [3.8, 4) is 0 Å². The Morgan fingerprint density at radius 2 is 1.88 bits per heavy atom. The lowest BCUT2D eigenvalue weighted by Crippen LogP contribution is -2.28. The molecule has 0 saturated heterocycles. The lowest BCUT2D eigenvalue weighted by Gasteiger charge is -2.06. The molecule has 0 aromatic rings. The van der Waals surface area contributed by atoms with Crippen molar-refractivity contribution < 1.29 is 8.42 Å². The maximum atomic E-state index is 11.5. The van der Waals surface area contributed by atoms with Crippen LogP contribution in [-0.4, -0.2) is 45.8 Å². The van der Waals surface area contributed by atoms with E-state index in [1.807, 2.05) is 13.2 Å². The van der Waals surface area contributed by atoms with Gasteiger partial charge in [-0.2, -0.15) is 11.8 Å². The van der Waals surface area contributed by atoms with Crippen LogP contribution in [0.3, 0.4) is 0 Å². The summed E-state index contributed by atoms with van der Waals surface area (Å²) in [4.78, 5) is 0. The van der Waals surface area contributed by atoms with E-state index in [1.165, 1.54) is 0 Å². The molecular formula is C10H24N2O2S2.